The molecule has 0 aliphatic heterocycles. The molecule has 11 heteroatoms. The van der Waals surface area contributed by atoms with Gasteiger partial charge < -0.3 is 11.2 Å². The highest BCUT2D eigenvalue weighted by atomic mass is 35.5. The second kappa shape index (κ2) is 7.84. The fourth-order valence-corrected chi connectivity index (χ4v) is 4.19. The normalized spacial score (nSPS) is 10.8. The molecule has 3 aromatic rings. The van der Waals surface area contributed by atoms with Crippen LogP contribution in [0.4, 0.5) is 5.69 Å². The van der Waals surface area contributed by atoms with Crippen LogP contribution in [0.1, 0.15) is 0 Å². The lowest BCUT2D eigenvalue weighted by atomic mass is 10.3. The molecule has 130 valence electrons. The maximum Gasteiger partial charge on any atom is 0.234 e. The third-order valence-corrected chi connectivity index (χ3v) is 5.63. The highest BCUT2D eigenvalue weighted by Crippen LogP contribution is 2.34. The van der Waals surface area contributed by atoms with E-state index in [2.05, 4.69) is 15.5 Å². The number of rotatable bonds is 5. The van der Waals surface area contributed by atoms with Crippen molar-refractivity contribution < 1.29 is 4.79 Å². The molecule has 0 saturated carbocycles. The van der Waals surface area contributed by atoms with Crippen molar-refractivity contribution in [2.24, 2.45) is 0 Å². The summed E-state index contributed by atoms with van der Waals surface area (Å²) in [4.78, 5) is 13.0. The Kier molecular flexibility index (Phi) is 5.75. The number of nitrogens with two attached hydrogens (primary N) is 1. The molecule has 0 fully saturated rings. The zero-order chi connectivity index (χ0) is 18.0. The monoisotopic (exact) mass is 433 g/mol. The van der Waals surface area contributed by atoms with E-state index < -0.39 is 0 Å². The predicted octanol–water partition coefficient (Wildman–Crippen LogP) is 4.41. The summed E-state index contributed by atoms with van der Waals surface area (Å²) in [6.45, 7) is 0. The van der Waals surface area contributed by atoms with Crippen LogP contribution in [0.3, 0.4) is 0 Å². The van der Waals surface area contributed by atoms with Crippen molar-refractivity contribution in [1.82, 2.24) is 14.9 Å². The molecular weight excluding hydrogens is 425 g/mol. The molecular formula is C14H10Cl3N5OS2. The highest BCUT2D eigenvalue weighted by Gasteiger charge is 2.16. The van der Waals surface area contributed by atoms with E-state index >= 15 is 0 Å². The van der Waals surface area contributed by atoms with Gasteiger partial charge in [-0.25, -0.2) is 4.68 Å². The molecule has 25 heavy (non-hydrogen) atoms. The van der Waals surface area contributed by atoms with Gasteiger partial charge in [-0.3, -0.25) is 4.79 Å². The van der Waals surface area contributed by atoms with Crippen LogP contribution in [0.5, 0.6) is 0 Å². The molecule has 0 aliphatic rings. The van der Waals surface area contributed by atoms with Gasteiger partial charge in [-0.05, 0) is 23.6 Å². The second-order valence-corrected chi connectivity index (χ2v) is 7.88. The zero-order valence-electron chi connectivity index (χ0n) is 12.4. The smallest absolute Gasteiger partial charge is 0.234 e. The Balaban J connectivity index is 1.66. The van der Waals surface area contributed by atoms with E-state index in [0.717, 1.165) is 16.6 Å². The van der Waals surface area contributed by atoms with Crippen LogP contribution in [-0.2, 0) is 4.79 Å². The van der Waals surface area contributed by atoms with E-state index in [1.165, 1.54) is 28.1 Å². The van der Waals surface area contributed by atoms with Gasteiger partial charge in [-0.1, -0.05) is 52.6 Å². The fraction of sp³-hybridized carbons (Fsp3) is 0.0714. The summed E-state index contributed by atoms with van der Waals surface area (Å²) in [6.07, 6.45) is 0. The zero-order valence-corrected chi connectivity index (χ0v) is 16.3. The first-order valence-electron chi connectivity index (χ1n) is 6.77. The number of amides is 1. The Morgan fingerprint density at radius 3 is 2.64 bits per heavy atom. The van der Waals surface area contributed by atoms with Crippen molar-refractivity contribution in [3.05, 3.63) is 44.7 Å². The van der Waals surface area contributed by atoms with Gasteiger partial charge in [0.2, 0.25) is 11.1 Å². The average Bonchev–Trinajstić information content (AvgIpc) is 3.18. The molecule has 2 heterocycles. The summed E-state index contributed by atoms with van der Waals surface area (Å²) < 4.78 is 1.35. The molecule has 6 nitrogen and oxygen atoms in total. The molecule has 3 N–H and O–H groups in total. The van der Waals surface area contributed by atoms with Crippen LogP contribution < -0.4 is 11.2 Å². The lowest BCUT2D eigenvalue weighted by Crippen LogP contribution is -2.16. The minimum absolute atomic E-state index is 0.0645. The SMILES string of the molecule is Nn1c(SCC(=O)Nc2c(Cl)cc(Cl)cc2Cl)nnc1-c1cccs1. The number of hydrogen-bond acceptors (Lipinski definition) is 6. The Labute approximate surface area is 166 Å². The molecule has 0 bridgehead atoms. The third kappa shape index (κ3) is 4.21. The summed E-state index contributed by atoms with van der Waals surface area (Å²) in [6, 6.07) is 6.79. The molecule has 0 spiro atoms. The quantitative estimate of drug-likeness (QED) is 0.459. The van der Waals surface area contributed by atoms with Crippen LogP contribution in [0.15, 0.2) is 34.8 Å². The van der Waals surface area contributed by atoms with Crippen LogP contribution >= 0.6 is 57.9 Å². The van der Waals surface area contributed by atoms with Crippen LogP contribution in [-0.4, -0.2) is 26.5 Å². The second-order valence-electron chi connectivity index (χ2n) is 4.73. The average molecular weight is 435 g/mol. The number of halogens is 3. The summed E-state index contributed by atoms with van der Waals surface area (Å²) >= 11 is 20.6. The molecule has 2 aromatic heterocycles. The Bertz CT molecular complexity index is 890. The first kappa shape index (κ1) is 18.3. The van der Waals surface area contributed by atoms with E-state index in [0.29, 0.717) is 21.7 Å². The molecule has 0 atom stereocenters. The summed E-state index contributed by atoms with van der Waals surface area (Å²) in [7, 11) is 0. The largest absolute Gasteiger partial charge is 0.335 e. The lowest BCUT2D eigenvalue weighted by molar-refractivity contribution is -0.113. The van der Waals surface area contributed by atoms with Crippen molar-refractivity contribution in [3.63, 3.8) is 0 Å². The Morgan fingerprint density at radius 2 is 2.00 bits per heavy atom. The summed E-state index contributed by atoms with van der Waals surface area (Å²) in [5.74, 6) is 6.29. The maximum absolute atomic E-state index is 12.1. The van der Waals surface area contributed by atoms with Gasteiger partial charge in [-0.15, -0.1) is 21.5 Å². The molecule has 0 unspecified atom stereocenters. The van der Waals surface area contributed by atoms with Gasteiger partial charge >= 0.3 is 0 Å². The van der Waals surface area contributed by atoms with E-state index in [9.17, 15) is 4.79 Å². The lowest BCUT2D eigenvalue weighted by Gasteiger charge is -2.09. The number of thioether (sulfide) groups is 1. The number of nitrogens with zero attached hydrogens (tertiary/aromatic N) is 3. The molecule has 1 amide bonds. The molecule has 3 rings (SSSR count). The van der Waals surface area contributed by atoms with E-state index in [4.69, 9.17) is 40.6 Å². The number of benzene rings is 1. The Hall–Kier alpha value is -1.45. The van der Waals surface area contributed by atoms with Crippen molar-refractivity contribution in [1.29, 1.82) is 0 Å². The van der Waals surface area contributed by atoms with E-state index in [1.54, 1.807) is 0 Å². The fourth-order valence-electron chi connectivity index (χ4n) is 1.92. The number of thiophene rings is 1. The van der Waals surface area contributed by atoms with E-state index in [1.807, 2.05) is 17.5 Å². The van der Waals surface area contributed by atoms with Crippen molar-refractivity contribution in [2.45, 2.75) is 5.16 Å². The van der Waals surface area contributed by atoms with Gasteiger partial charge in [0, 0.05) is 5.02 Å². The van der Waals surface area contributed by atoms with Gasteiger partial charge in [-0.2, -0.15) is 0 Å². The standard InChI is InChI=1S/C14H10Cl3N5OS2/c15-7-4-8(16)12(9(17)5-7)19-11(23)6-25-14-21-20-13(22(14)18)10-2-1-3-24-10/h1-5H,6,18H2,(H,19,23). The van der Waals surface area contributed by atoms with Gasteiger partial charge in [0.15, 0.2) is 5.82 Å². The topological polar surface area (TPSA) is 85.8 Å². The summed E-state index contributed by atoms with van der Waals surface area (Å²) in [5, 5.41) is 14.0. The first-order chi connectivity index (χ1) is 12.0. The van der Waals surface area contributed by atoms with Gasteiger partial charge in [0.05, 0.1) is 26.4 Å². The number of carbonyl (C=O) groups excluding carboxylic acids is 1. The number of anilines is 1. The highest BCUT2D eigenvalue weighted by molar-refractivity contribution is 7.99. The molecule has 0 saturated heterocycles. The number of nitrogens with one attached hydrogen (secondary N) is 1. The van der Waals surface area contributed by atoms with Crippen molar-refractivity contribution >= 4 is 69.5 Å². The first-order valence-corrected chi connectivity index (χ1v) is 9.77. The van der Waals surface area contributed by atoms with Crippen molar-refractivity contribution in [2.75, 3.05) is 16.9 Å². The number of aromatic nitrogens is 3. The van der Waals surface area contributed by atoms with Crippen LogP contribution in [0, 0.1) is 0 Å². The number of nitrogen functional groups attached to an aromatic ring is 1. The van der Waals surface area contributed by atoms with E-state index in [-0.39, 0.29) is 21.7 Å². The molecule has 1 aromatic carbocycles. The van der Waals surface area contributed by atoms with Gasteiger partial charge in [0.1, 0.15) is 0 Å². The number of hydrogen-bond donors (Lipinski definition) is 2. The van der Waals surface area contributed by atoms with Crippen molar-refractivity contribution in [3.8, 4) is 10.7 Å². The minimum Gasteiger partial charge on any atom is -0.335 e. The number of carbonyl (C=O) groups is 1. The van der Waals surface area contributed by atoms with Crippen LogP contribution in [0.2, 0.25) is 15.1 Å². The third-order valence-electron chi connectivity index (χ3n) is 3.01. The molecule has 0 radical (unpaired) electrons. The maximum atomic E-state index is 12.1. The van der Waals surface area contributed by atoms with Gasteiger partial charge in [0.25, 0.3) is 0 Å². The van der Waals surface area contributed by atoms with Crippen LogP contribution in [0.25, 0.3) is 10.7 Å². The molecule has 0 aliphatic carbocycles. The minimum atomic E-state index is -0.309. The Morgan fingerprint density at radius 1 is 1.28 bits per heavy atom. The summed E-state index contributed by atoms with van der Waals surface area (Å²) in [5.41, 5.74) is 0.312. The predicted molar refractivity (Wildman–Crippen MR) is 104 cm³/mol.